The Morgan fingerprint density at radius 2 is 2.20 bits per heavy atom. The molecule has 0 spiro atoms. The number of hydrogen-bond donors (Lipinski definition) is 0. The van der Waals surface area contributed by atoms with Crippen LogP contribution in [0.3, 0.4) is 0 Å². The molecule has 0 bridgehead atoms. The van der Waals surface area contributed by atoms with Crippen LogP contribution in [0.4, 0.5) is 4.39 Å². The summed E-state index contributed by atoms with van der Waals surface area (Å²) >= 11 is 1.21. The molecule has 78 valence electrons. The molecule has 15 heavy (non-hydrogen) atoms. The molecule has 3 heteroatoms. The van der Waals surface area contributed by atoms with Gasteiger partial charge in [0.15, 0.2) is 0 Å². The monoisotopic (exact) mass is 222 g/mol. The fourth-order valence-corrected chi connectivity index (χ4v) is 1.85. The van der Waals surface area contributed by atoms with E-state index < -0.39 is 0 Å². The summed E-state index contributed by atoms with van der Waals surface area (Å²) in [6.07, 6.45) is 5.87. The van der Waals surface area contributed by atoms with Crippen molar-refractivity contribution >= 4 is 17.5 Å². The molecule has 0 saturated carbocycles. The second-order valence-corrected chi connectivity index (χ2v) is 3.98. The normalized spacial score (nSPS) is 9.60. The van der Waals surface area contributed by atoms with Gasteiger partial charge in [0.2, 0.25) is 0 Å². The summed E-state index contributed by atoms with van der Waals surface area (Å²) in [4.78, 5) is 11.8. The van der Waals surface area contributed by atoms with Crippen molar-refractivity contribution in [2.45, 2.75) is 17.7 Å². The second kappa shape index (κ2) is 6.26. The van der Waals surface area contributed by atoms with Gasteiger partial charge in [-0.1, -0.05) is 12.1 Å². The highest BCUT2D eigenvalue weighted by Gasteiger charge is 2.05. The van der Waals surface area contributed by atoms with Crippen LogP contribution < -0.4 is 0 Å². The fourth-order valence-electron chi connectivity index (χ4n) is 1.00. The van der Waals surface area contributed by atoms with E-state index in [1.807, 2.05) is 0 Å². The van der Waals surface area contributed by atoms with Crippen molar-refractivity contribution in [1.82, 2.24) is 0 Å². The van der Waals surface area contributed by atoms with E-state index in [4.69, 9.17) is 6.42 Å². The Kier molecular flexibility index (Phi) is 4.92. The first-order chi connectivity index (χ1) is 7.24. The summed E-state index contributed by atoms with van der Waals surface area (Å²) in [5, 5.41) is 0. The van der Waals surface area contributed by atoms with E-state index in [0.29, 0.717) is 17.7 Å². The van der Waals surface area contributed by atoms with Crippen LogP contribution in [-0.2, 0) is 4.79 Å². The standard InChI is InChI=1S/C12H11FOS/c1-2-3-6-10(14)9-15-12-8-5-4-7-11(12)13/h1,4-5,7-8H,3,6,9H2. The van der Waals surface area contributed by atoms with Crippen LogP contribution in [-0.4, -0.2) is 11.5 Å². The average molecular weight is 222 g/mol. The van der Waals surface area contributed by atoms with Crippen LogP contribution in [0.1, 0.15) is 12.8 Å². The predicted octanol–water partition coefficient (Wildman–Crippen LogP) is 2.90. The fraction of sp³-hybridized carbons (Fsp3) is 0.250. The van der Waals surface area contributed by atoms with E-state index in [9.17, 15) is 9.18 Å². The molecule has 1 nitrogen and oxygen atoms in total. The lowest BCUT2D eigenvalue weighted by molar-refractivity contribution is -0.116. The average Bonchev–Trinajstić information content (AvgIpc) is 2.25. The van der Waals surface area contributed by atoms with Crippen LogP contribution in [0.5, 0.6) is 0 Å². The molecular formula is C12H11FOS. The molecule has 0 fully saturated rings. The molecule has 0 amide bonds. The van der Waals surface area contributed by atoms with Crippen molar-refractivity contribution in [2.24, 2.45) is 0 Å². The highest BCUT2D eigenvalue weighted by atomic mass is 32.2. The number of halogens is 1. The van der Waals surface area contributed by atoms with Gasteiger partial charge in [0.25, 0.3) is 0 Å². The number of ketones is 1. The maximum atomic E-state index is 13.1. The summed E-state index contributed by atoms with van der Waals surface area (Å²) in [7, 11) is 0. The molecule has 0 unspecified atom stereocenters. The molecule has 0 radical (unpaired) electrons. The van der Waals surface area contributed by atoms with Crippen LogP contribution >= 0.6 is 11.8 Å². The van der Waals surface area contributed by atoms with Gasteiger partial charge in [-0.15, -0.1) is 24.1 Å². The Labute approximate surface area is 93.1 Å². The van der Waals surface area contributed by atoms with Crippen LogP contribution in [0.25, 0.3) is 0 Å². The molecule has 0 saturated heterocycles. The lowest BCUT2D eigenvalue weighted by atomic mass is 10.2. The number of terminal acetylenes is 1. The summed E-state index contributed by atoms with van der Waals surface area (Å²) in [5.41, 5.74) is 0. The number of carbonyl (C=O) groups is 1. The van der Waals surface area contributed by atoms with Crippen molar-refractivity contribution in [3.05, 3.63) is 30.1 Å². The quantitative estimate of drug-likeness (QED) is 0.563. The first-order valence-electron chi connectivity index (χ1n) is 4.56. The van der Waals surface area contributed by atoms with Crippen molar-refractivity contribution in [3.8, 4) is 12.3 Å². The Bertz CT molecular complexity index is 381. The smallest absolute Gasteiger partial charge is 0.144 e. The van der Waals surface area contributed by atoms with Gasteiger partial charge in [-0.3, -0.25) is 4.79 Å². The van der Waals surface area contributed by atoms with Gasteiger partial charge < -0.3 is 0 Å². The zero-order valence-electron chi connectivity index (χ0n) is 8.20. The van der Waals surface area contributed by atoms with E-state index in [1.165, 1.54) is 17.8 Å². The minimum atomic E-state index is -0.285. The summed E-state index contributed by atoms with van der Waals surface area (Å²) in [6.45, 7) is 0. The predicted molar refractivity (Wildman–Crippen MR) is 60.2 cm³/mol. The first-order valence-corrected chi connectivity index (χ1v) is 5.55. The zero-order chi connectivity index (χ0) is 11.1. The number of Topliss-reactive ketones (excluding diaryl/α,β-unsaturated/α-hetero) is 1. The Hall–Kier alpha value is -1.27. The number of benzene rings is 1. The van der Waals surface area contributed by atoms with Crippen molar-refractivity contribution < 1.29 is 9.18 Å². The van der Waals surface area contributed by atoms with Gasteiger partial charge in [-0.25, -0.2) is 4.39 Å². The highest BCUT2D eigenvalue weighted by molar-refractivity contribution is 8.00. The van der Waals surface area contributed by atoms with Gasteiger partial charge in [-0.2, -0.15) is 0 Å². The molecule has 0 N–H and O–H groups in total. The summed E-state index contributed by atoms with van der Waals surface area (Å²) in [6, 6.07) is 6.42. The van der Waals surface area contributed by atoms with Crippen molar-refractivity contribution in [1.29, 1.82) is 0 Å². The van der Waals surface area contributed by atoms with E-state index in [1.54, 1.807) is 18.2 Å². The van der Waals surface area contributed by atoms with Gasteiger partial charge in [0, 0.05) is 17.7 Å². The molecular weight excluding hydrogens is 211 g/mol. The van der Waals surface area contributed by atoms with E-state index in [0.717, 1.165) is 0 Å². The van der Waals surface area contributed by atoms with E-state index in [-0.39, 0.29) is 17.4 Å². The lowest BCUT2D eigenvalue weighted by Crippen LogP contribution is -2.00. The van der Waals surface area contributed by atoms with Crippen LogP contribution in [0, 0.1) is 18.2 Å². The van der Waals surface area contributed by atoms with Gasteiger partial charge >= 0.3 is 0 Å². The summed E-state index contributed by atoms with van der Waals surface area (Å²) in [5.74, 6) is 2.46. The molecule has 0 aliphatic heterocycles. The maximum absolute atomic E-state index is 13.1. The number of thioether (sulfide) groups is 1. The van der Waals surface area contributed by atoms with Crippen LogP contribution in [0.15, 0.2) is 29.2 Å². The van der Waals surface area contributed by atoms with Crippen molar-refractivity contribution in [3.63, 3.8) is 0 Å². The topological polar surface area (TPSA) is 17.1 Å². The molecule has 0 aromatic heterocycles. The Balaban J connectivity index is 2.41. The zero-order valence-corrected chi connectivity index (χ0v) is 9.02. The largest absolute Gasteiger partial charge is 0.299 e. The molecule has 1 aromatic rings. The Morgan fingerprint density at radius 3 is 2.87 bits per heavy atom. The third kappa shape index (κ3) is 4.18. The SMILES string of the molecule is C#CCCC(=O)CSc1ccccc1F. The van der Waals surface area contributed by atoms with E-state index in [2.05, 4.69) is 5.92 Å². The molecule has 0 atom stereocenters. The minimum Gasteiger partial charge on any atom is -0.299 e. The molecule has 0 aliphatic rings. The van der Waals surface area contributed by atoms with Crippen LogP contribution in [0.2, 0.25) is 0 Å². The molecule has 1 rings (SSSR count). The third-order valence-corrected chi connectivity index (χ3v) is 2.88. The lowest BCUT2D eigenvalue weighted by Gasteiger charge is -2.01. The Morgan fingerprint density at radius 1 is 1.47 bits per heavy atom. The second-order valence-electron chi connectivity index (χ2n) is 2.96. The number of rotatable bonds is 5. The molecule has 0 heterocycles. The maximum Gasteiger partial charge on any atom is 0.144 e. The number of hydrogen-bond acceptors (Lipinski definition) is 2. The third-order valence-electron chi connectivity index (χ3n) is 1.77. The highest BCUT2D eigenvalue weighted by Crippen LogP contribution is 2.21. The van der Waals surface area contributed by atoms with Gasteiger partial charge in [0.05, 0.1) is 5.75 Å². The van der Waals surface area contributed by atoms with E-state index >= 15 is 0 Å². The van der Waals surface area contributed by atoms with Gasteiger partial charge in [-0.05, 0) is 12.1 Å². The van der Waals surface area contributed by atoms with Gasteiger partial charge in [0.1, 0.15) is 11.6 Å². The summed E-state index contributed by atoms with van der Waals surface area (Å²) < 4.78 is 13.1. The number of carbonyl (C=O) groups excluding carboxylic acids is 1. The molecule has 0 aliphatic carbocycles. The van der Waals surface area contributed by atoms with Crippen molar-refractivity contribution in [2.75, 3.05) is 5.75 Å². The first kappa shape index (κ1) is 11.8. The minimum absolute atomic E-state index is 0.0567. The molecule has 1 aromatic carbocycles.